The van der Waals surface area contributed by atoms with E-state index in [9.17, 15) is 4.39 Å². The van der Waals surface area contributed by atoms with Gasteiger partial charge in [-0.2, -0.15) is 0 Å². The summed E-state index contributed by atoms with van der Waals surface area (Å²) in [6.45, 7) is 1.74. The van der Waals surface area contributed by atoms with E-state index >= 15 is 0 Å². The molecular weight excluding hydrogens is 455 g/mol. The first kappa shape index (κ1) is 24.2. The number of nitrogens with zero attached hydrogens (tertiary/aromatic N) is 3. The van der Waals surface area contributed by atoms with Crippen molar-refractivity contribution in [2.75, 3.05) is 20.3 Å². The van der Waals surface area contributed by atoms with Crippen LogP contribution >= 0.6 is 0 Å². The number of ether oxygens (including phenoxy) is 2. The first-order chi connectivity index (χ1) is 17.7. The number of pyridine rings is 1. The van der Waals surface area contributed by atoms with Gasteiger partial charge in [0.1, 0.15) is 17.4 Å². The Hall–Kier alpha value is -3.55. The van der Waals surface area contributed by atoms with Crippen molar-refractivity contribution >= 4 is 0 Å². The quantitative estimate of drug-likeness (QED) is 0.327. The topological polar surface area (TPSA) is 75.2 Å². The average molecular weight is 487 g/mol. The molecule has 5 rings (SSSR count). The van der Waals surface area contributed by atoms with E-state index in [1.54, 1.807) is 19.2 Å². The second-order valence-electron chi connectivity index (χ2n) is 9.09. The second kappa shape index (κ2) is 11.0. The van der Waals surface area contributed by atoms with E-state index in [4.69, 9.17) is 20.2 Å². The molecule has 6 nitrogen and oxygen atoms in total. The molecule has 0 saturated carbocycles. The third-order valence-electron chi connectivity index (χ3n) is 6.63. The van der Waals surface area contributed by atoms with Gasteiger partial charge >= 0.3 is 0 Å². The van der Waals surface area contributed by atoms with Crippen molar-refractivity contribution in [3.8, 4) is 28.3 Å². The number of benzene rings is 2. The molecule has 4 aromatic rings. The van der Waals surface area contributed by atoms with Crippen molar-refractivity contribution in [2.24, 2.45) is 5.73 Å². The summed E-state index contributed by atoms with van der Waals surface area (Å²) in [5, 5.41) is 0. The molecular formula is C29H31FN4O2. The molecule has 0 aliphatic carbocycles. The minimum atomic E-state index is -0.259. The molecule has 0 unspecified atom stereocenters. The number of rotatable bonds is 10. The lowest BCUT2D eigenvalue weighted by molar-refractivity contribution is 0.0925. The van der Waals surface area contributed by atoms with Crippen LogP contribution in [0.4, 0.5) is 4.39 Å². The van der Waals surface area contributed by atoms with E-state index in [2.05, 4.69) is 15.6 Å². The van der Waals surface area contributed by atoms with Crippen LogP contribution in [0.2, 0.25) is 0 Å². The zero-order chi connectivity index (χ0) is 24.9. The molecule has 0 spiro atoms. The van der Waals surface area contributed by atoms with Crippen LogP contribution in [0.3, 0.4) is 0 Å². The van der Waals surface area contributed by atoms with Crippen LogP contribution in [-0.4, -0.2) is 34.8 Å². The number of halogens is 1. The van der Waals surface area contributed by atoms with Gasteiger partial charge < -0.3 is 19.8 Å². The number of aryl methyl sites for hydroxylation is 2. The number of aromatic nitrogens is 3. The molecule has 0 saturated heterocycles. The van der Waals surface area contributed by atoms with Crippen LogP contribution < -0.4 is 10.5 Å². The van der Waals surface area contributed by atoms with Gasteiger partial charge in [0.25, 0.3) is 0 Å². The van der Waals surface area contributed by atoms with Gasteiger partial charge in [-0.25, -0.2) is 9.37 Å². The Morgan fingerprint density at radius 3 is 2.61 bits per heavy atom. The normalized spacial score (nSPS) is 14.7. The van der Waals surface area contributed by atoms with Crippen LogP contribution in [0.5, 0.6) is 5.75 Å². The predicted octanol–water partition coefficient (Wildman–Crippen LogP) is 5.36. The third kappa shape index (κ3) is 5.17. The van der Waals surface area contributed by atoms with E-state index in [0.29, 0.717) is 19.8 Å². The van der Waals surface area contributed by atoms with Crippen molar-refractivity contribution < 1.29 is 13.9 Å². The number of fused-ring (bicyclic) bond motifs is 1. The average Bonchev–Trinajstić information content (AvgIpc) is 3.48. The lowest BCUT2D eigenvalue weighted by Gasteiger charge is -2.18. The number of hydrogen-bond acceptors (Lipinski definition) is 5. The van der Waals surface area contributed by atoms with E-state index in [-0.39, 0.29) is 11.9 Å². The molecule has 0 amide bonds. The maximum atomic E-state index is 13.7. The monoisotopic (exact) mass is 486 g/mol. The summed E-state index contributed by atoms with van der Waals surface area (Å²) >= 11 is 0. The molecule has 7 heteroatoms. The van der Waals surface area contributed by atoms with Crippen molar-refractivity contribution in [1.29, 1.82) is 0 Å². The number of imidazole rings is 1. The van der Waals surface area contributed by atoms with E-state index in [1.165, 1.54) is 12.1 Å². The highest BCUT2D eigenvalue weighted by Crippen LogP contribution is 2.40. The number of methoxy groups -OCH3 is 1. The number of hydrogen-bond donors (Lipinski definition) is 1. The largest absolute Gasteiger partial charge is 0.497 e. The van der Waals surface area contributed by atoms with Gasteiger partial charge in [0, 0.05) is 29.4 Å². The van der Waals surface area contributed by atoms with Crippen LogP contribution in [0.1, 0.15) is 36.0 Å². The summed E-state index contributed by atoms with van der Waals surface area (Å²) < 4.78 is 27.4. The molecule has 2 N–H and O–H groups in total. The summed E-state index contributed by atoms with van der Waals surface area (Å²) in [5.41, 5.74) is 11.7. The molecule has 2 aromatic heterocycles. The Kier molecular flexibility index (Phi) is 7.39. The summed E-state index contributed by atoms with van der Waals surface area (Å²) in [5.74, 6) is 1.60. The molecule has 0 radical (unpaired) electrons. The van der Waals surface area contributed by atoms with Crippen molar-refractivity contribution in [1.82, 2.24) is 14.5 Å². The van der Waals surface area contributed by atoms with Gasteiger partial charge in [-0.1, -0.05) is 12.1 Å². The summed E-state index contributed by atoms with van der Waals surface area (Å²) in [6.07, 6.45) is 5.39. The van der Waals surface area contributed by atoms with E-state index in [0.717, 1.165) is 71.0 Å². The molecule has 36 heavy (non-hydrogen) atoms. The van der Waals surface area contributed by atoms with Gasteiger partial charge in [0.2, 0.25) is 0 Å². The van der Waals surface area contributed by atoms with Crippen molar-refractivity contribution in [3.05, 3.63) is 89.8 Å². The van der Waals surface area contributed by atoms with Gasteiger partial charge in [-0.15, -0.1) is 0 Å². The Morgan fingerprint density at radius 1 is 1.06 bits per heavy atom. The Morgan fingerprint density at radius 2 is 1.86 bits per heavy atom. The minimum Gasteiger partial charge on any atom is -0.497 e. The molecule has 3 heterocycles. The molecule has 186 valence electrons. The fourth-order valence-corrected chi connectivity index (χ4v) is 4.80. The maximum Gasteiger partial charge on any atom is 0.123 e. The van der Waals surface area contributed by atoms with Gasteiger partial charge in [-0.05, 0) is 79.9 Å². The minimum absolute atomic E-state index is 0.163. The standard InChI is InChI=1S/C29H31FN4O2/c1-35-26-11-4-20(5-12-26)18-36-19-25-10-13-27-33-28(21-6-8-23(30)9-7-21)29(34(25)27)22-14-16-32-24(17-22)3-2-15-31/h4-9,11-12,14,16-17,25H,2-3,10,13,15,18-19,31H2,1H3/t25-/m0/s1. The highest BCUT2D eigenvalue weighted by molar-refractivity contribution is 5.79. The predicted molar refractivity (Wildman–Crippen MR) is 138 cm³/mol. The smallest absolute Gasteiger partial charge is 0.123 e. The molecule has 1 aliphatic heterocycles. The lowest BCUT2D eigenvalue weighted by Crippen LogP contribution is -2.13. The van der Waals surface area contributed by atoms with Crippen LogP contribution in [0.15, 0.2) is 66.9 Å². The van der Waals surface area contributed by atoms with E-state index < -0.39 is 0 Å². The first-order valence-corrected chi connectivity index (χ1v) is 12.4. The van der Waals surface area contributed by atoms with Crippen molar-refractivity contribution in [3.63, 3.8) is 0 Å². The summed E-state index contributed by atoms with van der Waals surface area (Å²) in [7, 11) is 1.66. The summed E-state index contributed by atoms with van der Waals surface area (Å²) in [6, 6.07) is 18.8. The van der Waals surface area contributed by atoms with Crippen molar-refractivity contribution in [2.45, 2.75) is 38.3 Å². The molecule has 2 aromatic carbocycles. The molecule has 1 aliphatic rings. The van der Waals surface area contributed by atoms with Gasteiger partial charge in [-0.3, -0.25) is 4.98 Å². The zero-order valence-electron chi connectivity index (χ0n) is 20.5. The fourth-order valence-electron chi connectivity index (χ4n) is 4.80. The molecule has 0 fully saturated rings. The van der Waals surface area contributed by atoms with Crippen LogP contribution in [0, 0.1) is 5.82 Å². The third-order valence-corrected chi connectivity index (χ3v) is 6.63. The Bertz CT molecular complexity index is 1300. The lowest BCUT2D eigenvalue weighted by atomic mass is 10.0. The Labute approximate surface area is 210 Å². The molecule has 0 bridgehead atoms. The fraction of sp³-hybridized carbons (Fsp3) is 0.310. The highest BCUT2D eigenvalue weighted by Gasteiger charge is 2.30. The van der Waals surface area contributed by atoms with Gasteiger partial charge in [0.15, 0.2) is 0 Å². The van der Waals surface area contributed by atoms with Crippen LogP contribution in [-0.2, 0) is 24.2 Å². The second-order valence-corrected chi connectivity index (χ2v) is 9.09. The maximum absolute atomic E-state index is 13.7. The highest BCUT2D eigenvalue weighted by atomic mass is 19.1. The van der Waals surface area contributed by atoms with Gasteiger partial charge in [0.05, 0.1) is 37.8 Å². The van der Waals surface area contributed by atoms with E-state index in [1.807, 2.05) is 36.5 Å². The van der Waals surface area contributed by atoms with Crippen LogP contribution in [0.25, 0.3) is 22.5 Å². The first-order valence-electron chi connectivity index (χ1n) is 12.4. The SMILES string of the molecule is COc1ccc(COC[C@@H]2CCc3nc(-c4ccc(F)cc4)c(-c4ccnc(CCCN)c4)n32)cc1. The Balaban J connectivity index is 1.45. The number of nitrogens with two attached hydrogens (primary N) is 1. The summed E-state index contributed by atoms with van der Waals surface area (Å²) in [4.78, 5) is 9.57. The molecule has 1 atom stereocenters. The zero-order valence-corrected chi connectivity index (χ0v) is 20.5.